The first-order valence-electron chi connectivity index (χ1n) is 6.94. The molecule has 8 nitrogen and oxygen atoms in total. The Balaban J connectivity index is 1.78. The van der Waals surface area contributed by atoms with Crippen LogP contribution in [-0.2, 0) is 20.9 Å². The molecule has 0 radical (unpaired) electrons. The molecule has 0 unspecified atom stereocenters. The van der Waals surface area contributed by atoms with Gasteiger partial charge in [0.1, 0.15) is 6.54 Å². The van der Waals surface area contributed by atoms with E-state index in [9.17, 15) is 9.59 Å². The minimum absolute atomic E-state index is 0.0282. The molecule has 1 N–H and O–H groups in total. The highest BCUT2D eigenvalue weighted by Gasteiger charge is 2.17. The average Bonchev–Trinajstić information content (AvgIpc) is 2.93. The lowest BCUT2D eigenvalue weighted by molar-refractivity contribution is -0.141. The van der Waals surface area contributed by atoms with E-state index in [1.54, 1.807) is 0 Å². The van der Waals surface area contributed by atoms with Crippen molar-refractivity contribution in [3.8, 4) is 0 Å². The van der Waals surface area contributed by atoms with E-state index in [-0.39, 0.29) is 24.2 Å². The summed E-state index contributed by atoms with van der Waals surface area (Å²) in [7, 11) is 1.30. The summed E-state index contributed by atoms with van der Waals surface area (Å²) in [5, 5.41) is 14.5. The van der Waals surface area contributed by atoms with E-state index in [1.807, 2.05) is 0 Å². The number of hydrogen-bond donors (Lipinski definition) is 1. The summed E-state index contributed by atoms with van der Waals surface area (Å²) in [6.45, 7) is -0.0594. The molecule has 0 spiro atoms. The summed E-state index contributed by atoms with van der Waals surface area (Å²) < 4.78 is 5.88. The zero-order chi connectivity index (χ0) is 15.1. The minimum atomic E-state index is -0.434. The zero-order valence-electron chi connectivity index (χ0n) is 11.9. The number of ether oxygens (including phenoxy) is 1. The van der Waals surface area contributed by atoms with Gasteiger partial charge in [0.25, 0.3) is 0 Å². The van der Waals surface area contributed by atoms with Crippen molar-refractivity contribution >= 4 is 23.6 Å². The van der Waals surface area contributed by atoms with Crippen molar-refractivity contribution in [1.29, 1.82) is 0 Å². The van der Waals surface area contributed by atoms with Gasteiger partial charge in [-0.1, -0.05) is 31.0 Å². The van der Waals surface area contributed by atoms with Crippen LogP contribution in [0.4, 0.5) is 0 Å². The molecule has 1 saturated carbocycles. The van der Waals surface area contributed by atoms with Gasteiger partial charge in [0, 0.05) is 6.04 Å². The van der Waals surface area contributed by atoms with Crippen LogP contribution in [-0.4, -0.2) is 51.0 Å². The van der Waals surface area contributed by atoms with Crippen molar-refractivity contribution < 1.29 is 14.3 Å². The van der Waals surface area contributed by atoms with Gasteiger partial charge in [-0.25, -0.2) is 4.68 Å². The van der Waals surface area contributed by atoms with Crippen LogP contribution in [0, 0.1) is 0 Å². The smallest absolute Gasteiger partial charge is 0.327 e. The molecule has 1 aromatic rings. The number of aromatic nitrogens is 4. The van der Waals surface area contributed by atoms with Gasteiger partial charge in [-0.05, 0) is 23.3 Å². The molecule has 1 heterocycles. The standard InChI is InChI=1S/C12H19N5O3S/c1-20-11(19)7-17-12(14-15-16-17)21-8-10(18)13-9-5-3-2-4-6-9/h9H,2-8H2,1H3,(H,13,18). The maximum atomic E-state index is 11.9. The minimum Gasteiger partial charge on any atom is -0.468 e. The van der Waals surface area contributed by atoms with Crippen LogP contribution >= 0.6 is 11.8 Å². The van der Waals surface area contributed by atoms with Crippen LogP contribution in [0.5, 0.6) is 0 Å². The van der Waals surface area contributed by atoms with E-state index in [2.05, 4.69) is 25.6 Å². The molecule has 0 aromatic carbocycles. The van der Waals surface area contributed by atoms with Crippen molar-refractivity contribution in [2.45, 2.75) is 49.8 Å². The van der Waals surface area contributed by atoms with E-state index in [4.69, 9.17) is 0 Å². The fourth-order valence-electron chi connectivity index (χ4n) is 2.23. The van der Waals surface area contributed by atoms with Gasteiger partial charge in [-0.2, -0.15) is 0 Å². The monoisotopic (exact) mass is 313 g/mol. The first kappa shape index (κ1) is 15.7. The van der Waals surface area contributed by atoms with Crippen LogP contribution in [0.3, 0.4) is 0 Å². The molecule has 1 amide bonds. The van der Waals surface area contributed by atoms with Crippen LogP contribution in [0.15, 0.2) is 5.16 Å². The third-order valence-electron chi connectivity index (χ3n) is 3.31. The third kappa shape index (κ3) is 5.00. The molecule has 0 bridgehead atoms. The Labute approximate surface area is 127 Å². The number of hydrogen-bond acceptors (Lipinski definition) is 7. The molecule has 116 valence electrons. The summed E-state index contributed by atoms with van der Waals surface area (Å²) >= 11 is 1.21. The summed E-state index contributed by atoms with van der Waals surface area (Å²) in [4.78, 5) is 23.1. The van der Waals surface area contributed by atoms with Crippen molar-refractivity contribution in [3.63, 3.8) is 0 Å². The normalized spacial score (nSPS) is 15.7. The second-order valence-electron chi connectivity index (χ2n) is 4.89. The second-order valence-corrected chi connectivity index (χ2v) is 5.83. The Hall–Kier alpha value is -1.64. The molecule has 9 heteroatoms. The number of rotatable bonds is 6. The van der Waals surface area contributed by atoms with Crippen molar-refractivity contribution in [3.05, 3.63) is 0 Å². The molecule has 0 aliphatic heterocycles. The molecule has 21 heavy (non-hydrogen) atoms. The Kier molecular flexibility index (Phi) is 5.97. The van der Waals surface area contributed by atoms with Gasteiger partial charge in [-0.15, -0.1) is 5.10 Å². The topological polar surface area (TPSA) is 99.0 Å². The third-order valence-corrected chi connectivity index (χ3v) is 4.27. The summed E-state index contributed by atoms with van der Waals surface area (Å²) in [5.74, 6) is -0.228. The molecule has 1 fully saturated rings. The Morgan fingerprint density at radius 1 is 1.38 bits per heavy atom. The quantitative estimate of drug-likeness (QED) is 0.599. The van der Waals surface area contributed by atoms with Crippen molar-refractivity contribution in [2.75, 3.05) is 12.9 Å². The fraction of sp³-hybridized carbons (Fsp3) is 0.750. The number of nitrogens with one attached hydrogen (secondary N) is 1. The lowest BCUT2D eigenvalue weighted by Crippen LogP contribution is -2.37. The molecule has 1 aromatic heterocycles. The number of amides is 1. The van der Waals surface area contributed by atoms with Gasteiger partial charge in [0.15, 0.2) is 0 Å². The first-order valence-corrected chi connectivity index (χ1v) is 7.92. The largest absolute Gasteiger partial charge is 0.468 e. The fourth-order valence-corrected chi connectivity index (χ4v) is 2.92. The van der Waals surface area contributed by atoms with Crippen LogP contribution in [0.25, 0.3) is 0 Å². The van der Waals surface area contributed by atoms with E-state index in [0.29, 0.717) is 5.16 Å². The number of carbonyl (C=O) groups is 2. The molecule has 0 saturated heterocycles. The maximum absolute atomic E-state index is 11.9. The van der Waals surface area contributed by atoms with Crippen molar-refractivity contribution in [1.82, 2.24) is 25.5 Å². The predicted octanol–water partition coefficient (Wildman–Crippen LogP) is 0.387. The first-order chi connectivity index (χ1) is 10.2. The summed E-state index contributed by atoms with van der Waals surface area (Å²) in [6, 6.07) is 0.290. The highest BCUT2D eigenvalue weighted by molar-refractivity contribution is 7.99. The average molecular weight is 313 g/mol. The summed E-state index contributed by atoms with van der Waals surface area (Å²) in [6.07, 6.45) is 5.71. The number of thioether (sulfide) groups is 1. The number of esters is 1. The van der Waals surface area contributed by atoms with Crippen LogP contribution in [0.1, 0.15) is 32.1 Å². The SMILES string of the molecule is COC(=O)Cn1nnnc1SCC(=O)NC1CCCCC1. The molecule has 1 aliphatic carbocycles. The van der Waals surface area contributed by atoms with Gasteiger partial charge in [0.05, 0.1) is 12.9 Å². The Morgan fingerprint density at radius 2 is 2.14 bits per heavy atom. The highest BCUT2D eigenvalue weighted by Crippen LogP contribution is 2.18. The van der Waals surface area contributed by atoms with E-state index in [0.717, 1.165) is 12.8 Å². The highest BCUT2D eigenvalue weighted by atomic mass is 32.2. The zero-order valence-corrected chi connectivity index (χ0v) is 12.8. The van der Waals surface area contributed by atoms with Crippen molar-refractivity contribution in [2.24, 2.45) is 0 Å². The summed E-state index contributed by atoms with van der Waals surface area (Å²) in [5.41, 5.74) is 0. The second kappa shape index (κ2) is 7.96. The lowest BCUT2D eigenvalue weighted by atomic mass is 9.95. The molecule has 1 aliphatic rings. The molecular weight excluding hydrogens is 294 g/mol. The van der Waals surface area contributed by atoms with E-state index < -0.39 is 5.97 Å². The van der Waals surface area contributed by atoms with Gasteiger partial charge in [0.2, 0.25) is 11.1 Å². The number of nitrogens with zero attached hydrogens (tertiary/aromatic N) is 4. The van der Waals surface area contributed by atoms with Gasteiger partial charge in [-0.3, -0.25) is 9.59 Å². The van der Waals surface area contributed by atoms with Crippen LogP contribution in [0.2, 0.25) is 0 Å². The molecule has 2 rings (SSSR count). The Bertz CT molecular complexity index is 487. The lowest BCUT2D eigenvalue weighted by Gasteiger charge is -2.22. The van der Waals surface area contributed by atoms with E-state index >= 15 is 0 Å². The number of carbonyl (C=O) groups excluding carboxylic acids is 2. The maximum Gasteiger partial charge on any atom is 0.327 e. The molecular formula is C12H19N5O3S. The Morgan fingerprint density at radius 3 is 2.86 bits per heavy atom. The predicted molar refractivity (Wildman–Crippen MR) is 75.6 cm³/mol. The van der Waals surface area contributed by atoms with Crippen LogP contribution < -0.4 is 5.32 Å². The number of tetrazole rings is 1. The van der Waals surface area contributed by atoms with Gasteiger partial charge < -0.3 is 10.1 Å². The molecule has 0 atom stereocenters. The van der Waals surface area contributed by atoms with Gasteiger partial charge >= 0.3 is 5.97 Å². The van der Waals surface area contributed by atoms with E-state index in [1.165, 1.54) is 42.8 Å². The number of methoxy groups -OCH3 is 1.